The van der Waals surface area contributed by atoms with Crippen LogP contribution in [0.25, 0.3) is 10.9 Å². The van der Waals surface area contributed by atoms with Crippen LogP contribution in [0.2, 0.25) is 0 Å². The zero-order valence-electron chi connectivity index (χ0n) is 15.3. The van der Waals surface area contributed by atoms with E-state index in [0.717, 1.165) is 23.0 Å². The summed E-state index contributed by atoms with van der Waals surface area (Å²) in [7, 11) is 0. The van der Waals surface area contributed by atoms with Gasteiger partial charge in [0.05, 0.1) is 0 Å². The van der Waals surface area contributed by atoms with E-state index in [-0.39, 0.29) is 11.8 Å². The van der Waals surface area contributed by atoms with Crippen molar-refractivity contribution in [3.05, 3.63) is 71.4 Å². The third-order valence-electron chi connectivity index (χ3n) is 4.69. The zero-order valence-corrected chi connectivity index (χ0v) is 15.3. The molecule has 4 nitrogen and oxygen atoms in total. The number of para-hydroxylation sites is 1. The van der Waals surface area contributed by atoms with Crippen molar-refractivity contribution in [1.29, 1.82) is 0 Å². The molecule has 134 valence electrons. The van der Waals surface area contributed by atoms with Crippen molar-refractivity contribution >= 4 is 22.7 Å². The van der Waals surface area contributed by atoms with Gasteiger partial charge in [-0.25, -0.2) is 0 Å². The molecule has 1 aromatic heterocycles. The van der Waals surface area contributed by atoms with Gasteiger partial charge in [0.2, 0.25) is 11.8 Å². The number of hydrogen-bond acceptors (Lipinski definition) is 2. The van der Waals surface area contributed by atoms with E-state index in [1.165, 1.54) is 23.0 Å². The number of rotatable bonds is 6. The monoisotopic (exact) mass is 348 g/mol. The Morgan fingerprint density at radius 1 is 1.00 bits per heavy atom. The summed E-state index contributed by atoms with van der Waals surface area (Å²) in [5, 5.41) is 1.16. The quantitative estimate of drug-likeness (QED) is 0.729. The van der Waals surface area contributed by atoms with Gasteiger partial charge in [-0.05, 0) is 23.6 Å². The first-order chi connectivity index (χ1) is 12.6. The first kappa shape index (κ1) is 17.9. The molecule has 0 saturated carbocycles. The molecule has 4 heteroatoms. The molecule has 0 aliphatic heterocycles. The number of nitrogens with one attached hydrogen (secondary N) is 1. The highest BCUT2D eigenvalue weighted by molar-refractivity contribution is 5.94. The SMILES string of the molecule is CCC(=O)N(CCc1c(Cc2ccccc2)[nH]c2ccccc12)C(C)=O. The first-order valence-corrected chi connectivity index (χ1v) is 9.03. The molecule has 0 atom stereocenters. The third-order valence-corrected chi connectivity index (χ3v) is 4.69. The number of H-pyrrole nitrogens is 1. The molecule has 0 unspecified atom stereocenters. The van der Waals surface area contributed by atoms with E-state index in [2.05, 4.69) is 29.2 Å². The minimum Gasteiger partial charge on any atom is -0.358 e. The zero-order chi connectivity index (χ0) is 18.5. The Morgan fingerprint density at radius 3 is 2.38 bits per heavy atom. The maximum absolute atomic E-state index is 12.0. The Labute approximate surface area is 153 Å². The summed E-state index contributed by atoms with van der Waals surface area (Å²) in [5.41, 5.74) is 4.64. The molecule has 1 heterocycles. The number of imide groups is 1. The van der Waals surface area contributed by atoms with Gasteiger partial charge in [0.1, 0.15) is 0 Å². The smallest absolute Gasteiger partial charge is 0.228 e. The fraction of sp³-hybridized carbons (Fsp3) is 0.273. The Balaban J connectivity index is 1.91. The van der Waals surface area contributed by atoms with E-state index in [9.17, 15) is 9.59 Å². The lowest BCUT2D eigenvalue weighted by atomic mass is 10.0. The largest absolute Gasteiger partial charge is 0.358 e. The Kier molecular flexibility index (Phi) is 5.52. The minimum atomic E-state index is -0.193. The van der Waals surface area contributed by atoms with Crippen LogP contribution < -0.4 is 0 Å². The third kappa shape index (κ3) is 3.85. The molecule has 2 aromatic carbocycles. The number of benzene rings is 2. The van der Waals surface area contributed by atoms with Gasteiger partial charge in [0, 0.05) is 42.9 Å². The average molecular weight is 348 g/mol. The van der Waals surface area contributed by atoms with Crippen molar-refractivity contribution in [2.24, 2.45) is 0 Å². The van der Waals surface area contributed by atoms with Crippen LogP contribution in [0.1, 0.15) is 37.1 Å². The lowest BCUT2D eigenvalue weighted by Gasteiger charge is -2.18. The maximum atomic E-state index is 12.0. The second kappa shape index (κ2) is 8.00. The second-order valence-corrected chi connectivity index (χ2v) is 6.46. The van der Waals surface area contributed by atoms with Gasteiger partial charge in [0.25, 0.3) is 0 Å². The van der Waals surface area contributed by atoms with Crippen LogP contribution in [0, 0.1) is 0 Å². The van der Waals surface area contributed by atoms with Crippen molar-refractivity contribution in [3.8, 4) is 0 Å². The summed E-state index contributed by atoms with van der Waals surface area (Å²) in [5.74, 6) is -0.316. The number of aromatic nitrogens is 1. The molecular formula is C22H24N2O2. The van der Waals surface area contributed by atoms with E-state index >= 15 is 0 Å². The van der Waals surface area contributed by atoms with Crippen LogP contribution in [0.3, 0.4) is 0 Å². The van der Waals surface area contributed by atoms with Gasteiger partial charge in [0.15, 0.2) is 0 Å². The fourth-order valence-electron chi connectivity index (χ4n) is 3.36. The van der Waals surface area contributed by atoms with Crippen LogP contribution in [0.15, 0.2) is 54.6 Å². The topological polar surface area (TPSA) is 53.2 Å². The molecule has 2 amide bonds. The minimum absolute atomic E-state index is 0.123. The lowest BCUT2D eigenvalue weighted by molar-refractivity contribution is -0.143. The van der Waals surface area contributed by atoms with Crippen LogP contribution in [-0.4, -0.2) is 28.2 Å². The van der Waals surface area contributed by atoms with E-state index < -0.39 is 0 Å². The van der Waals surface area contributed by atoms with E-state index in [1.54, 1.807) is 6.92 Å². The molecular weight excluding hydrogens is 324 g/mol. The number of fused-ring (bicyclic) bond motifs is 1. The number of aromatic amines is 1. The van der Waals surface area contributed by atoms with Crippen molar-refractivity contribution < 1.29 is 9.59 Å². The first-order valence-electron chi connectivity index (χ1n) is 9.03. The Bertz CT molecular complexity index is 912. The fourth-order valence-corrected chi connectivity index (χ4v) is 3.36. The number of amides is 2. The molecule has 3 rings (SSSR count). The highest BCUT2D eigenvalue weighted by Gasteiger charge is 2.18. The van der Waals surface area contributed by atoms with Crippen LogP contribution in [0.5, 0.6) is 0 Å². The molecule has 0 spiro atoms. The van der Waals surface area contributed by atoms with Crippen LogP contribution >= 0.6 is 0 Å². The van der Waals surface area contributed by atoms with E-state index in [0.29, 0.717) is 19.4 Å². The summed E-state index contributed by atoms with van der Waals surface area (Å²) >= 11 is 0. The van der Waals surface area contributed by atoms with Crippen molar-refractivity contribution in [2.45, 2.75) is 33.1 Å². The number of hydrogen-bond donors (Lipinski definition) is 1. The molecule has 0 radical (unpaired) electrons. The van der Waals surface area contributed by atoms with Crippen molar-refractivity contribution in [2.75, 3.05) is 6.54 Å². The highest BCUT2D eigenvalue weighted by atomic mass is 16.2. The van der Waals surface area contributed by atoms with Crippen molar-refractivity contribution in [3.63, 3.8) is 0 Å². The van der Waals surface area contributed by atoms with Crippen LogP contribution in [0.4, 0.5) is 0 Å². The number of carbonyl (C=O) groups is 2. The van der Waals surface area contributed by atoms with E-state index in [4.69, 9.17) is 0 Å². The highest BCUT2D eigenvalue weighted by Crippen LogP contribution is 2.25. The summed E-state index contributed by atoms with van der Waals surface area (Å²) in [6, 6.07) is 18.5. The van der Waals surface area contributed by atoms with Gasteiger partial charge in [-0.1, -0.05) is 55.5 Å². The average Bonchev–Trinajstić information content (AvgIpc) is 2.99. The molecule has 0 saturated heterocycles. The van der Waals surface area contributed by atoms with Gasteiger partial charge in [-0.3, -0.25) is 14.5 Å². The molecule has 0 aliphatic rings. The van der Waals surface area contributed by atoms with Crippen molar-refractivity contribution in [1.82, 2.24) is 9.88 Å². The molecule has 0 bridgehead atoms. The maximum Gasteiger partial charge on any atom is 0.228 e. The lowest BCUT2D eigenvalue weighted by Crippen LogP contribution is -2.36. The van der Waals surface area contributed by atoms with Gasteiger partial charge >= 0.3 is 0 Å². The second-order valence-electron chi connectivity index (χ2n) is 6.46. The van der Waals surface area contributed by atoms with Gasteiger partial charge in [-0.2, -0.15) is 0 Å². The molecule has 26 heavy (non-hydrogen) atoms. The Morgan fingerprint density at radius 2 is 1.69 bits per heavy atom. The number of nitrogens with zero attached hydrogens (tertiary/aromatic N) is 1. The Hall–Kier alpha value is -2.88. The predicted molar refractivity (Wildman–Crippen MR) is 104 cm³/mol. The summed E-state index contributed by atoms with van der Waals surface area (Å²) in [4.78, 5) is 28.8. The van der Waals surface area contributed by atoms with Gasteiger partial charge in [-0.15, -0.1) is 0 Å². The van der Waals surface area contributed by atoms with Crippen LogP contribution in [-0.2, 0) is 22.4 Å². The summed E-state index contributed by atoms with van der Waals surface area (Å²) < 4.78 is 0. The molecule has 0 aliphatic carbocycles. The summed E-state index contributed by atoms with van der Waals surface area (Å²) in [6.45, 7) is 3.64. The van der Waals surface area contributed by atoms with E-state index in [1.807, 2.05) is 30.3 Å². The van der Waals surface area contributed by atoms with Gasteiger partial charge < -0.3 is 4.98 Å². The normalized spacial score (nSPS) is 10.8. The number of carbonyl (C=O) groups excluding carboxylic acids is 2. The molecule has 1 N–H and O–H groups in total. The molecule has 3 aromatic rings. The summed E-state index contributed by atoms with van der Waals surface area (Å²) in [6.07, 6.45) is 1.79. The standard InChI is InChI=1S/C22H24N2O2/c1-3-22(26)24(16(2)25)14-13-19-18-11-7-8-12-20(18)23-21(19)15-17-9-5-4-6-10-17/h4-12,23H,3,13-15H2,1-2H3. The molecule has 0 fully saturated rings. The predicted octanol–water partition coefficient (Wildman–Crippen LogP) is 4.09.